The van der Waals surface area contributed by atoms with Crippen molar-refractivity contribution in [1.29, 1.82) is 0 Å². The van der Waals surface area contributed by atoms with Gasteiger partial charge in [-0.1, -0.05) is 99.1 Å². The van der Waals surface area contributed by atoms with Crippen LogP contribution in [0.4, 0.5) is 41.6 Å². The molecule has 0 radical (unpaired) electrons. The van der Waals surface area contributed by atoms with E-state index in [1.807, 2.05) is 46.8 Å². The highest BCUT2D eigenvalue weighted by molar-refractivity contribution is 5.97. The fraction of sp³-hybridized carbons (Fsp3) is 0.386. The molecule has 0 heterocycles. The Morgan fingerprint density at radius 2 is 1.18 bits per heavy atom. The zero-order valence-corrected chi connectivity index (χ0v) is 40.4. The molecule has 1 aliphatic carbocycles. The van der Waals surface area contributed by atoms with Gasteiger partial charge in [-0.2, -0.15) is 13.2 Å². The number of anilines is 5. The third-order valence-corrected chi connectivity index (χ3v) is 13.5. The van der Waals surface area contributed by atoms with Crippen molar-refractivity contribution in [2.75, 3.05) is 29.0 Å². The normalized spacial score (nSPS) is 15.9. The van der Waals surface area contributed by atoms with Gasteiger partial charge in [-0.15, -0.1) is 0 Å². The van der Waals surface area contributed by atoms with Gasteiger partial charge in [0.2, 0.25) is 0 Å². The number of fused-ring (bicyclic) bond motifs is 1. The minimum Gasteiger partial charge on any atom is -0.460 e. The van der Waals surface area contributed by atoms with Gasteiger partial charge in [0, 0.05) is 52.8 Å². The van der Waals surface area contributed by atoms with Crippen LogP contribution in [0.2, 0.25) is 0 Å². The summed E-state index contributed by atoms with van der Waals surface area (Å²) in [5, 5.41) is 19.4. The molecule has 6 aromatic rings. The lowest BCUT2D eigenvalue weighted by Gasteiger charge is -2.35. The number of hydrogen-bond acceptors (Lipinski definition) is 7. The van der Waals surface area contributed by atoms with Crippen molar-refractivity contribution in [3.8, 4) is 0 Å². The van der Waals surface area contributed by atoms with Crippen molar-refractivity contribution in [2.45, 2.75) is 125 Å². The summed E-state index contributed by atoms with van der Waals surface area (Å²) in [4.78, 5) is 13.3. The van der Waals surface area contributed by atoms with Gasteiger partial charge in [0.15, 0.2) is 0 Å². The Balaban J connectivity index is 1.21. The average Bonchev–Trinajstić information content (AvgIpc) is 3.30. The van der Waals surface area contributed by atoms with Crippen LogP contribution in [0.15, 0.2) is 109 Å². The molecule has 1 fully saturated rings. The summed E-state index contributed by atoms with van der Waals surface area (Å²) in [6.45, 7) is 17.2. The molecule has 7 nitrogen and oxygen atoms in total. The van der Waals surface area contributed by atoms with E-state index < -0.39 is 18.1 Å². The minimum atomic E-state index is -4.26. The number of rotatable bonds is 18. The first-order valence-corrected chi connectivity index (χ1v) is 23.9. The van der Waals surface area contributed by atoms with Crippen LogP contribution < -0.4 is 26.6 Å². The molecule has 3 atom stereocenters. The van der Waals surface area contributed by atoms with Gasteiger partial charge in [-0.3, -0.25) is 4.79 Å². The van der Waals surface area contributed by atoms with Crippen LogP contribution >= 0.6 is 0 Å². The lowest BCUT2D eigenvalue weighted by molar-refractivity contribution is -0.161. The van der Waals surface area contributed by atoms with Crippen molar-refractivity contribution < 1.29 is 22.7 Å². The molecule has 0 spiro atoms. The topological polar surface area (TPSA) is 86.4 Å². The molecule has 10 heteroatoms. The summed E-state index contributed by atoms with van der Waals surface area (Å²) in [5.41, 5.74) is 14.3. The van der Waals surface area contributed by atoms with Crippen LogP contribution in [0, 0.1) is 33.1 Å². The van der Waals surface area contributed by atoms with E-state index in [1.54, 1.807) is 0 Å². The second-order valence-electron chi connectivity index (χ2n) is 19.1. The Morgan fingerprint density at radius 3 is 1.69 bits per heavy atom. The molecule has 67 heavy (non-hydrogen) atoms. The number of carbonyl (C=O) groups is 1. The number of hydrogen-bond donors (Lipinski definition) is 5. The number of alkyl halides is 3. The van der Waals surface area contributed by atoms with Crippen LogP contribution in [0.25, 0.3) is 10.8 Å². The van der Waals surface area contributed by atoms with Crippen LogP contribution in [0.5, 0.6) is 0 Å². The molecule has 0 bridgehead atoms. The maximum atomic E-state index is 13.3. The number of esters is 1. The molecule has 0 amide bonds. The van der Waals surface area contributed by atoms with Gasteiger partial charge in [0.1, 0.15) is 6.10 Å². The molecule has 1 saturated carbocycles. The quantitative estimate of drug-likeness (QED) is 0.0434. The highest BCUT2D eigenvalue weighted by Crippen LogP contribution is 2.41. The van der Waals surface area contributed by atoms with E-state index in [0.717, 1.165) is 112 Å². The average molecular weight is 912 g/mol. The third-order valence-electron chi connectivity index (χ3n) is 13.5. The van der Waals surface area contributed by atoms with E-state index in [9.17, 15) is 18.0 Å². The highest BCUT2D eigenvalue weighted by Gasteiger charge is 2.34. The largest absolute Gasteiger partial charge is 0.460 e. The number of ether oxygens (including phenoxy) is 1. The fourth-order valence-corrected chi connectivity index (χ4v) is 9.42. The van der Waals surface area contributed by atoms with Crippen molar-refractivity contribution in [3.63, 3.8) is 0 Å². The summed E-state index contributed by atoms with van der Waals surface area (Å²) in [5.74, 6) is -0.260. The van der Waals surface area contributed by atoms with Gasteiger partial charge < -0.3 is 31.3 Å². The van der Waals surface area contributed by atoms with Gasteiger partial charge in [0.25, 0.3) is 0 Å². The van der Waals surface area contributed by atoms with E-state index in [-0.39, 0.29) is 30.6 Å². The maximum Gasteiger partial charge on any atom is 0.401 e. The van der Waals surface area contributed by atoms with Gasteiger partial charge in [-0.05, 0) is 160 Å². The van der Waals surface area contributed by atoms with Gasteiger partial charge >= 0.3 is 12.1 Å². The van der Waals surface area contributed by atoms with E-state index in [2.05, 4.69) is 144 Å². The highest BCUT2D eigenvalue weighted by atomic mass is 19.4. The lowest BCUT2D eigenvalue weighted by Crippen LogP contribution is -2.42. The molecule has 7 rings (SSSR count). The van der Waals surface area contributed by atoms with Crippen LogP contribution in [-0.2, 0) is 22.6 Å². The second-order valence-corrected chi connectivity index (χ2v) is 19.1. The maximum absolute atomic E-state index is 13.3. The molecule has 0 aliphatic heterocycles. The molecular weight excluding hydrogens is 844 g/mol. The molecule has 354 valence electrons. The van der Waals surface area contributed by atoms with E-state index >= 15 is 0 Å². The molecular formula is C57H68F3N5O2. The number of carbonyl (C=O) groups excluding carboxylic acids is 1. The van der Waals surface area contributed by atoms with E-state index in [1.165, 1.54) is 22.3 Å². The van der Waals surface area contributed by atoms with Gasteiger partial charge in [0.05, 0.1) is 18.0 Å². The summed E-state index contributed by atoms with van der Waals surface area (Å²) in [6, 6.07) is 38.7. The van der Waals surface area contributed by atoms with Crippen molar-refractivity contribution in [1.82, 2.24) is 10.6 Å². The minimum absolute atomic E-state index is 0.00140. The van der Waals surface area contributed by atoms with Crippen LogP contribution in [0.3, 0.4) is 0 Å². The molecule has 0 aromatic heterocycles. The molecule has 5 N–H and O–H groups in total. The number of nitrogens with one attached hydrogen (secondary N) is 5. The molecule has 0 saturated heterocycles. The smallest absolute Gasteiger partial charge is 0.401 e. The van der Waals surface area contributed by atoms with E-state index in [0.29, 0.717) is 0 Å². The fourth-order valence-electron chi connectivity index (χ4n) is 9.42. The Bertz CT molecular complexity index is 2600. The number of benzene rings is 6. The first kappa shape index (κ1) is 49.1. The van der Waals surface area contributed by atoms with Gasteiger partial charge in [-0.25, -0.2) is 0 Å². The number of halogens is 3. The van der Waals surface area contributed by atoms with Crippen LogP contribution in [-0.4, -0.2) is 37.4 Å². The monoisotopic (exact) mass is 912 g/mol. The third kappa shape index (κ3) is 12.2. The number of aryl methyl sites for hydroxylation is 4. The summed E-state index contributed by atoms with van der Waals surface area (Å²) >= 11 is 0. The summed E-state index contributed by atoms with van der Waals surface area (Å²) < 4.78 is 44.6. The SMILES string of the molecule is CCNCc1cc(C)c(Nc2ccc(C(c3ccc(Nc4c(C)cc(CNCC(F)(F)F)cc4C)cc3)c3ccc(NC4CCCCC4OC(=O)C(C)(C)CC)c4ccccc34)cc2)c(C)c1. The Kier molecular flexibility index (Phi) is 15.7. The predicted octanol–water partition coefficient (Wildman–Crippen LogP) is 14.2. The van der Waals surface area contributed by atoms with Crippen molar-refractivity contribution in [3.05, 3.63) is 159 Å². The Labute approximate surface area is 395 Å². The van der Waals surface area contributed by atoms with Crippen molar-refractivity contribution in [2.24, 2.45) is 5.41 Å². The Hall–Kier alpha value is -5.84. The standard InChI is InChI=1S/C57H68F3N5O2/c1-9-56(7,8)55(66)67-51-18-14-13-17-50(51)65-49-28-27-48(46-15-11-12-16-47(46)49)52(42-19-23-44(24-20-42)63-53-36(3)29-40(30-37(53)4)33-61-10-2)43-21-25-45(26-22-43)64-54-38(5)31-41(32-39(54)6)34-62-35-57(58,59)60/h11-12,15-16,19-32,50-52,61-65H,9-10,13-14,17-18,33-35H2,1-8H3. The molecule has 1 aliphatic rings. The first-order chi connectivity index (χ1) is 32.0. The Morgan fingerprint density at radius 1 is 0.672 bits per heavy atom. The lowest BCUT2D eigenvalue weighted by atomic mass is 9.82. The molecule has 3 unspecified atom stereocenters. The zero-order valence-electron chi connectivity index (χ0n) is 40.4. The zero-order chi connectivity index (χ0) is 47.9. The predicted molar refractivity (Wildman–Crippen MR) is 271 cm³/mol. The molecule has 6 aromatic carbocycles. The van der Waals surface area contributed by atoms with E-state index in [4.69, 9.17) is 4.74 Å². The summed E-state index contributed by atoms with van der Waals surface area (Å²) in [7, 11) is 0. The second kappa shape index (κ2) is 21.4. The van der Waals surface area contributed by atoms with Crippen molar-refractivity contribution >= 4 is 45.2 Å². The first-order valence-electron chi connectivity index (χ1n) is 23.9. The summed E-state index contributed by atoms with van der Waals surface area (Å²) in [6.07, 6.45) is 0.129. The van der Waals surface area contributed by atoms with Crippen LogP contribution in [0.1, 0.15) is 116 Å².